The summed E-state index contributed by atoms with van der Waals surface area (Å²) in [7, 11) is 0. The Morgan fingerprint density at radius 1 is 1.23 bits per heavy atom. The van der Waals surface area contributed by atoms with E-state index in [1.54, 1.807) is 4.57 Å². The van der Waals surface area contributed by atoms with Crippen molar-refractivity contribution in [3.05, 3.63) is 63.9 Å². The van der Waals surface area contributed by atoms with Crippen molar-refractivity contribution in [2.24, 2.45) is 0 Å². The Balaban J connectivity index is 2.12. The van der Waals surface area contributed by atoms with E-state index in [9.17, 15) is 4.79 Å². The lowest BCUT2D eigenvalue weighted by Gasteiger charge is -2.14. The quantitative estimate of drug-likeness (QED) is 0.339. The van der Waals surface area contributed by atoms with Gasteiger partial charge >= 0.3 is 0 Å². The highest BCUT2D eigenvalue weighted by molar-refractivity contribution is 7.99. The van der Waals surface area contributed by atoms with Crippen molar-refractivity contribution < 1.29 is 0 Å². The number of terminal acetylenes is 1. The largest absolute Gasteiger partial charge is 0.349 e. The predicted octanol–water partition coefficient (Wildman–Crippen LogP) is 4.21. The highest BCUT2D eigenvalue weighted by atomic mass is 32.2. The highest BCUT2D eigenvalue weighted by Crippen LogP contribution is 2.27. The average Bonchev–Trinajstić information content (AvgIpc) is 3.01. The van der Waals surface area contributed by atoms with Gasteiger partial charge in [0, 0.05) is 10.9 Å². The Morgan fingerprint density at radius 3 is 2.85 bits per heavy atom. The summed E-state index contributed by atoms with van der Waals surface area (Å²) in [6.45, 7) is 4.00. The number of thioether (sulfide) groups is 1. The third-order valence-electron chi connectivity index (χ3n) is 4.38. The van der Waals surface area contributed by atoms with Gasteiger partial charge in [-0.1, -0.05) is 48.0 Å². The monoisotopic (exact) mass is 359 g/mol. The molecule has 5 heteroatoms. The molecule has 0 radical (unpaired) electrons. The van der Waals surface area contributed by atoms with Crippen LogP contribution >= 0.6 is 11.8 Å². The van der Waals surface area contributed by atoms with Gasteiger partial charge in [0.15, 0.2) is 5.16 Å². The maximum Gasteiger partial charge on any atom is 0.283 e. The number of benzene rings is 2. The second-order valence-electron chi connectivity index (χ2n) is 6.21. The number of rotatable bonds is 3. The molecule has 128 valence electrons. The molecule has 0 saturated heterocycles. The summed E-state index contributed by atoms with van der Waals surface area (Å²) in [4.78, 5) is 21.4. The molecular weight excluding hydrogens is 342 g/mol. The maximum atomic E-state index is 13.4. The minimum Gasteiger partial charge on any atom is -0.349 e. The number of para-hydroxylation sites is 1. The van der Waals surface area contributed by atoms with Gasteiger partial charge in [-0.2, -0.15) is 0 Å². The lowest BCUT2D eigenvalue weighted by molar-refractivity contribution is 0.814. The summed E-state index contributed by atoms with van der Waals surface area (Å²) in [5.41, 5.74) is 4.92. The Kier molecular flexibility index (Phi) is 4.06. The van der Waals surface area contributed by atoms with Crippen LogP contribution in [0.4, 0.5) is 0 Å². The van der Waals surface area contributed by atoms with Crippen molar-refractivity contribution in [3.63, 3.8) is 0 Å². The smallest absolute Gasteiger partial charge is 0.283 e. The van der Waals surface area contributed by atoms with Crippen LogP contribution in [0.15, 0.2) is 52.4 Å². The molecule has 2 heterocycles. The molecule has 4 rings (SSSR count). The Hall–Kier alpha value is -2.97. The zero-order chi connectivity index (χ0) is 18.3. The number of nitrogens with zero attached hydrogens (tertiary/aromatic N) is 2. The third kappa shape index (κ3) is 2.59. The molecule has 0 aliphatic rings. The van der Waals surface area contributed by atoms with Crippen LogP contribution < -0.4 is 5.56 Å². The maximum absolute atomic E-state index is 13.4. The standard InChI is InChI=1S/C21H17N3OS/c1-4-11-26-21-23-18-15-7-5-6-8-16(15)22-19(18)20(25)24(21)17-12-13(2)9-10-14(17)3/h1,5-10,12,22H,11H2,2-3H3. The highest BCUT2D eigenvalue weighted by Gasteiger charge is 2.18. The summed E-state index contributed by atoms with van der Waals surface area (Å²) in [5, 5.41) is 1.55. The van der Waals surface area contributed by atoms with Crippen LogP contribution in [0.2, 0.25) is 0 Å². The van der Waals surface area contributed by atoms with Gasteiger partial charge < -0.3 is 4.98 Å². The molecular formula is C21H17N3OS. The van der Waals surface area contributed by atoms with Gasteiger partial charge in [0.1, 0.15) is 11.0 Å². The van der Waals surface area contributed by atoms with Crippen molar-refractivity contribution >= 4 is 33.7 Å². The number of aryl methyl sites for hydroxylation is 2. The summed E-state index contributed by atoms with van der Waals surface area (Å²) in [5.74, 6) is 3.07. The van der Waals surface area contributed by atoms with E-state index in [0.29, 0.717) is 21.9 Å². The van der Waals surface area contributed by atoms with Crippen molar-refractivity contribution in [2.75, 3.05) is 5.75 Å². The topological polar surface area (TPSA) is 50.7 Å². The molecule has 0 fully saturated rings. The second kappa shape index (κ2) is 6.40. The van der Waals surface area contributed by atoms with Gasteiger partial charge in [-0.25, -0.2) is 4.98 Å². The normalized spacial score (nSPS) is 11.1. The van der Waals surface area contributed by atoms with Crippen LogP contribution in [0.25, 0.3) is 27.6 Å². The molecule has 4 nitrogen and oxygen atoms in total. The average molecular weight is 359 g/mol. The van der Waals surface area contributed by atoms with E-state index in [4.69, 9.17) is 11.4 Å². The van der Waals surface area contributed by atoms with Crippen LogP contribution in [-0.2, 0) is 0 Å². The number of fused-ring (bicyclic) bond motifs is 3. The van der Waals surface area contributed by atoms with Gasteiger partial charge in [-0.15, -0.1) is 6.42 Å². The molecule has 0 aliphatic heterocycles. The first-order valence-corrected chi connectivity index (χ1v) is 9.26. The summed E-state index contributed by atoms with van der Waals surface area (Å²) in [6.07, 6.45) is 5.45. The van der Waals surface area contributed by atoms with Crippen molar-refractivity contribution in [1.82, 2.24) is 14.5 Å². The predicted molar refractivity (Wildman–Crippen MR) is 108 cm³/mol. The number of hydrogen-bond donors (Lipinski definition) is 1. The summed E-state index contributed by atoms with van der Waals surface area (Å²) < 4.78 is 1.67. The summed E-state index contributed by atoms with van der Waals surface area (Å²) >= 11 is 1.40. The molecule has 4 aromatic rings. The van der Waals surface area contributed by atoms with Crippen molar-refractivity contribution in [3.8, 4) is 18.0 Å². The number of hydrogen-bond acceptors (Lipinski definition) is 3. The number of aromatic amines is 1. The van der Waals surface area contributed by atoms with Gasteiger partial charge in [0.2, 0.25) is 0 Å². The van der Waals surface area contributed by atoms with E-state index in [0.717, 1.165) is 27.7 Å². The van der Waals surface area contributed by atoms with E-state index in [1.165, 1.54) is 11.8 Å². The Bertz CT molecular complexity index is 1240. The van der Waals surface area contributed by atoms with Crippen LogP contribution in [0, 0.1) is 26.2 Å². The molecule has 0 atom stereocenters. The van der Waals surface area contributed by atoms with E-state index in [1.807, 2.05) is 56.3 Å². The fourth-order valence-electron chi connectivity index (χ4n) is 3.12. The molecule has 0 amide bonds. The summed E-state index contributed by atoms with van der Waals surface area (Å²) in [6, 6.07) is 13.9. The SMILES string of the molecule is C#CCSc1nc2c([nH]c3ccccc32)c(=O)n1-c1cc(C)ccc1C. The zero-order valence-corrected chi connectivity index (χ0v) is 15.4. The molecule has 0 saturated carbocycles. The van der Waals surface area contributed by atoms with E-state index < -0.39 is 0 Å². The first-order chi connectivity index (χ1) is 12.6. The van der Waals surface area contributed by atoms with E-state index in [2.05, 4.69) is 10.9 Å². The number of nitrogens with one attached hydrogen (secondary N) is 1. The minimum atomic E-state index is -0.112. The third-order valence-corrected chi connectivity index (χ3v) is 5.23. The number of H-pyrrole nitrogens is 1. The molecule has 1 N–H and O–H groups in total. The van der Waals surface area contributed by atoms with Crippen LogP contribution in [0.1, 0.15) is 11.1 Å². The minimum absolute atomic E-state index is 0.112. The first-order valence-electron chi connectivity index (χ1n) is 8.27. The van der Waals surface area contributed by atoms with Crippen molar-refractivity contribution in [1.29, 1.82) is 0 Å². The molecule has 0 spiro atoms. The molecule has 2 aromatic carbocycles. The molecule has 0 aliphatic carbocycles. The van der Waals surface area contributed by atoms with Gasteiger partial charge in [-0.05, 0) is 37.1 Å². The molecule has 0 bridgehead atoms. The van der Waals surface area contributed by atoms with Crippen LogP contribution in [-0.4, -0.2) is 20.3 Å². The molecule has 2 aromatic heterocycles. The molecule has 26 heavy (non-hydrogen) atoms. The second-order valence-corrected chi connectivity index (χ2v) is 7.15. The van der Waals surface area contributed by atoms with Gasteiger partial charge in [0.25, 0.3) is 5.56 Å². The Morgan fingerprint density at radius 2 is 2.04 bits per heavy atom. The van der Waals surface area contributed by atoms with Gasteiger partial charge in [0.05, 0.1) is 11.4 Å². The lowest BCUT2D eigenvalue weighted by Crippen LogP contribution is -2.22. The molecule has 0 unspecified atom stereocenters. The zero-order valence-electron chi connectivity index (χ0n) is 14.5. The van der Waals surface area contributed by atoms with Crippen LogP contribution in [0.5, 0.6) is 0 Å². The van der Waals surface area contributed by atoms with E-state index in [-0.39, 0.29) is 5.56 Å². The lowest BCUT2D eigenvalue weighted by atomic mass is 10.1. The van der Waals surface area contributed by atoms with Crippen molar-refractivity contribution in [2.45, 2.75) is 19.0 Å². The fourth-order valence-corrected chi connectivity index (χ4v) is 3.80. The fraction of sp³-hybridized carbons (Fsp3) is 0.143. The van der Waals surface area contributed by atoms with Gasteiger partial charge in [-0.3, -0.25) is 9.36 Å². The Labute approximate surface area is 155 Å². The van der Waals surface area contributed by atoms with E-state index >= 15 is 0 Å². The van der Waals surface area contributed by atoms with Crippen LogP contribution in [0.3, 0.4) is 0 Å². The first kappa shape index (κ1) is 16.5. The number of aromatic nitrogens is 3.